The molecule has 0 aliphatic heterocycles. The van der Waals surface area contributed by atoms with E-state index in [0.717, 1.165) is 30.0 Å². The van der Waals surface area contributed by atoms with Crippen molar-refractivity contribution in [1.82, 2.24) is 4.98 Å². The van der Waals surface area contributed by atoms with Crippen molar-refractivity contribution in [2.75, 3.05) is 6.61 Å². The third kappa shape index (κ3) is 3.87. The molecule has 27 heavy (non-hydrogen) atoms. The standard InChI is InChI=1S/C19H13BrClNO3S2/c1-2-24-18(23)17-13(12-7-10(20)3-5-15(12)25-17)9-26-19-22-14-8-11(21)4-6-16(14)27-19/h3-8H,2,9H2,1H3. The Balaban J connectivity index is 1.69. The number of esters is 1. The van der Waals surface area contributed by atoms with Crippen molar-refractivity contribution in [3.05, 3.63) is 57.2 Å². The minimum Gasteiger partial charge on any atom is -0.460 e. The van der Waals surface area contributed by atoms with Crippen LogP contribution in [0.5, 0.6) is 0 Å². The highest BCUT2D eigenvalue weighted by molar-refractivity contribution is 9.10. The van der Waals surface area contributed by atoms with E-state index < -0.39 is 5.97 Å². The Morgan fingerprint density at radius 2 is 2.19 bits per heavy atom. The summed E-state index contributed by atoms with van der Waals surface area (Å²) in [5, 5.41) is 1.56. The number of hydrogen-bond donors (Lipinski definition) is 0. The van der Waals surface area contributed by atoms with Gasteiger partial charge in [-0.3, -0.25) is 0 Å². The third-order valence-corrected chi connectivity index (χ3v) is 6.82. The predicted octanol–water partition coefficient (Wildman–Crippen LogP) is 6.93. The molecular weight excluding hydrogens is 470 g/mol. The van der Waals surface area contributed by atoms with Crippen LogP contribution in [0.2, 0.25) is 5.02 Å². The van der Waals surface area contributed by atoms with Crippen LogP contribution in [-0.4, -0.2) is 17.6 Å². The average molecular weight is 483 g/mol. The van der Waals surface area contributed by atoms with Crippen molar-refractivity contribution in [2.24, 2.45) is 0 Å². The molecular formula is C19H13BrClNO3S2. The maximum atomic E-state index is 12.3. The number of halogens is 2. The fraction of sp³-hybridized carbons (Fsp3) is 0.158. The van der Waals surface area contributed by atoms with Gasteiger partial charge in [0.25, 0.3) is 0 Å². The smallest absolute Gasteiger partial charge is 0.374 e. The molecule has 2 aromatic heterocycles. The molecule has 0 fully saturated rings. The monoisotopic (exact) mass is 481 g/mol. The number of furan rings is 1. The van der Waals surface area contributed by atoms with Crippen LogP contribution in [0, 0.1) is 0 Å². The van der Waals surface area contributed by atoms with Gasteiger partial charge in [0.1, 0.15) is 5.58 Å². The van der Waals surface area contributed by atoms with Crippen molar-refractivity contribution in [2.45, 2.75) is 17.0 Å². The van der Waals surface area contributed by atoms with Gasteiger partial charge in [-0.1, -0.05) is 39.3 Å². The van der Waals surface area contributed by atoms with Gasteiger partial charge in [0.15, 0.2) is 4.34 Å². The van der Waals surface area contributed by atoms with E-state index in [9.17, 15) is 4.79 Å². The first kappa shape index (κ1) is 18.8. The van der Waals surface area contributed by atoms with E-state index in [0.29, 0.717) is 23.0 Å². The normalized spacial score (nSPS) is 11.4. The Kier molecular flexibility index (Phi) is 5.45. The number of ether oxygens (including phenoxy) is 1. The lowest BCUT2D eigenvalue weighted by atomic mass is 10.1. The molecule has 0 atom stereocenters. The second kappa shape index (κ2) is 7.83. The van der Waals surface area contributed by atoms with E-state index in [1.54, 1.807) is 30.0 Å². The summed E-state index contributed by atoms with van der Waals surface area (Å²) in [6, 6.07) is 11.4. The number of thiazole rings is 1. The first-order valence-corrected chi connectivity index (χ1v) is 11.1. The topological polar surface area (TPSA) is 52.3 Å². The van der Waals surface area contributed by atoms with Crippen LogP contribution in [0.25, 0.3) is 21.2 Å². The number of fused-ring (bicyclic) bond motifs is 2. The largest absolute Gasteiger partial charge is 0.460 e. The van der Waals surface area contributed by atoms with E-state index in [1.807, 2.05) is 36.4 Å². The highest BCUT2D eigenvalue weighted by Gasteiger charge is 2.22. The number of thioether (sulfide) groups is 1. The summed E-state index contributed by atoms with van der Waals surface area (Å²) in [6.45, 7) is 2.07. The Morgan fingerprint density at radius 3 is 3.00 bits per heavy atom. The Bertz CT molecular complexity index is 1150. The Hall–Kier alpha value is -1.54. The molecule has 4 aromatic rings. The minimum absolute atomic E-state index is 0.251. The zero-order valence-corrected chi connectivity index (χ0v) is 18.1. The molecule has 2 aromatic carbocycles. The molecule has 0 amide bonds. The molecule has 4 rings (SSSR count). The number of hydrogen-bond acceptors (Lipinski definition) is 6. The fourth-order valence-corrected chi connectivity index (χ4v) is 5.30. The lowest BCUT2D eigenvalue weighted by molar-refractivity contribution is 0.0491. The molecule has 0 spiro atoms. The van der Waals surface area contributed by atoms with E-state index in [4.69, 9.17) is 20.8 Å². The first-order chi connectivity index (χ1) is 13.0. The van der Waals surface area contributed by atoms with Gasteiger partial charge in [-0.25, -0.2) is 9.78 Å². The van der Waals surface area contributed by atoms with Crippen LogP contribution in [0.15, 0.2) is 49.6 Å². The van der Waals surface area contributed by atoms with Gasteiger partial charge in [0.2, 0.25) is 5.76 Å². The van der Waals surface area contributed by atoms with Gasteiger partial charge >= 0.3 is 5.97 Å². The van der Waals surface area contributed by atoms with Crippen LogP contribution in [-0.2, 0) is 10.5 Å². The average Bonchev–Trinajstić information content (AvgIpc) is 3.20. The van der Waals surface area contributed by atoms with Crippen LogP contribution in [0.1, 0.15) is 23.0 Å². The van der Waals surface area contributed by atoms with Gasteiger partial charge in [-0.2, -0.15) is 0 Å². The highest BCUT2D eigenvalue weighted by Crippen LogP contribution is 2.37. The number of carbonyl (C=O) groups excluding carboxylic acids is 1. The van der Waals surface area contributed by atoms with Crippen LogP contribution >= 0.6 is 50.6 Å². The summed E-state index contributed by atoms with van der Waals surface area (Å²) < 4.78 is 13.9. The van der Waals surface area contributed by atoms with Crippen molar-refractivity contribution < 1.29 is 13.9 Å². The number of nitrogens with zero attached hydrogens (tertiary/aromatic N) is 1. The molecule has 8 heteroatoms. The van der Waals surface area contributed by atoms with Crippen LogP contribution in [0.3, 0.4) is 0 Å². The van der Waals surface area contributed by atoms with Gasteiger partial charge in [0.05, 0.1) is 16.8 Å². The van der Waals surface area contributed by atoms with E-state index >= 15 is 0 Å². The van der Waals surface area contributed by atoms with Gasteiger partial charge in [-0.05, 0) is 43.3 Å². The Labute approximate surface area is 177 Å². The molecule has 0 unspecified atom stereocenters. The Morgan fingerprint density at radius 1 is 1.33 bits per heavy atom. The van der Waals surface area contributed by atoms with Gasteiger partial charge in [-0.15, -0.1) is 11.3 Å². The number of rotatable bonds is 5. The highest BCUT2D eigenvalue weighted by atomic mass is 79.9. The predicted molar refractivity (Wildman–Crippen MR) is 114 cm³/mol. The van der Waals surface area contributed by atoms with Crippen molar-refractivity contribution in [1.29, 1.82) is 0 Å². The SMILES string of the molecule is CCOC(=O)c1oc2ccc(Br)cc2c1CSc1nc2cc(Cl)ccc2s1. The molecule has 0 N–H and O–H groups in total. The lowest BCUT2D eigenvalue weighted by Crippen LogP contribution is -2.05. The maximum Gasteiger partial charge on any atom is 0.374 e. The third-order valence-electron chi connectivity index (χ3n) is 3.88. The van der Waals surface area contributed by atoms with Crippen molar-refractivity contribution >= 4 is 77.8 Å². The lowest BCUT2D eigenvalue weighted by Gasteiger charge is -2.02. The second-order valence-electron chi connectivity index (χ2n) is 5.65. The number of aromatic nitrogens is 1. The zero-order chi connectivity index (χ0) is 19.0. The molecule has 0 saturated heterocycles. The molecule has 0 radical (unpaired) electrons. The first-order valence-electron chi connectivity index (χ1n) is 8.12. The molecule has 0 saturated carbocycles. The molecule has 138 valence electrons. The second-order valence-corrected chi connectivity index (χ2v) is 9.26. The molecule has 2 heterocycles. The molecule has 0 bridgehead atoms. The number of benzene rings is 2. The summed E-state index contributed by atoms with van der Waals surface area (Å²) >= 11 is 12.7. The van der Waals surface area contributed by atoms with Crippen molar-refractivity contribution in [3.8, 4) is 0 Å². The summed E-state index contributed by atoms with van der Waals surface area (Å²) in [5.74, 6) is 0.351. The summed E-state index contributed by atoms with van der Waals surface area (Å²) in [4.78, 5) is 17.0. The molecule has 4 nitrogen and oxygen atoms in total. The minimum atomic E-state index is -0.448. The van der Waals surface area contributed by atoms with E-state index in [-0.39, 0.29) is 5.76 Å². The maximum absolute atomic E-state index is 12.3. The van der Waals surface area contributed by atoms with Gasteiger partial charge < -0.3 is 9.15 Å². The van der Waals surface area contributed by atoms with Crippen LogP contribution in [0.4, 0.5) is 0 Å². The number of carbonyl (C=O) groups is 1. The summed E-state index contributed by atoms with van der Waals surface area (Å²) in [6.07, 6.45) is 0. The fourth-order valence-electron chi connectivity index (χ4n) is 2.70. The van der Waals surface area contributed by atoms with E-state index in [2.05, 4.69) is 20.9 Å². The molecule has 0 aliphatic carbocycles. The summed E-state index contributed by atoms with van der Waals surface area (Å²) in [7, 11) is 0. The van der Waals surface area contributed by atoms with Crippen LogP contribution < -0.4 is 0 Å². The summed E-state index contributed by atoms with van der Waals surface area (Å²) in [5.41, 5.74) is 2.35. The van der Waals surface area contributed by atoms with E-state index in [1.165, 1.54) is 0 Å². The zero-order valence-electron chi connectivity index (χ0n) is 14.1. The molecule has 0 aliphatic rings. The van der Waals surface area contributed by atoms with Gasteiger partial charge in [0, 0.05) is 26.2 Å². The quantitative estimate of drug-likeness (QED) is 0.228. The van der Waals surface area contributed by atoms with Crippen molar-refractivity contribution in [3.63, 3.8) is 0 Å².